The number of nitro groups is 1. The lowest BCUT2D eigenvalue weighted by Gasteiger charge is -2.11. The van der Waals surface area contributed by atoms with E-state index in [1.54, 1.807) is 24.3 Å². The number of amides is 1. The summed E-state index contributed by atoms with van der Waals surface area (Å²) in [6.07, 6.45) is 0. The Kier molecular flexibility index (Phi) is 6.19. The third kappa shape index (κ3) is 4.94. The number of carbonyl (C=O) groups is 1. The van der Waals surface area contributed by atoms with Crippen LogP contribution in [-0.4, -0.2) is 17.9 Å². The minimum Gasteiger partial charge on any atom is -0.495 e. The summed E-state index contributed by atoms with van der Waals surface area (Å²) in [7, 11) is 1.52. The maximum Gasteiger partial charge on any atom is 0.284 e. The topological polar surface area (TPSA) is 81.5 Å². The second-order valence-electron chi connectivity index (χ2n) is 6.51. The summed E-state index contributed by atoms with van der Waals surface area (Å²) < 4.78 is 5.27. The summed E-state index contributed by atoms with van der Waals surface area (Å²) in [4.78, 5) is 25.2. The second kappa shape index (κ2) is 8.79. The number of nitrogens with one attached hydrogen (secondary N) is 1. The zero-order valence-electron chi connectivity index (χ0n) is 16.3. The standard InChI is InChI=1S/C22H20N2O4S/c1-14-4-8-17(9-5-14)29-21-11-7-16(13-19(21)24(26)27)22(25)23-18-12-15(2)6-10-20(18)28-3/h4-13H,1-3H3,(H,23,25). The van der Waals surface area contributed by atoms with Crippen LogP contribution in [0.1, 0.15) is 21.5 Å². The lowest BCUT2D eigenvalue weighted by Crippen LogP contribution is -2.13. The predicted molar refractivity (Wildman–Crippen MR) is 114 cm³/mol. The lowest BCUT2D eigenvalue weighted by atomic mass is 10.1. The number of ether oxygens (including phenoxy) is 1. The van der Waals surface area contributed by atoms with E-state index in [0.29, 0.717) is 16.3 Å². The van der Waals surface area contributed by atoms with Crippen molar-refractivity contribution in [3.63, 3.8) is 0 Å². The summed E-state index contributed by atoms with van der Waals surface area (Å²) in [5.41, 5.74) is 2.67. The Labute approximate surface area is 173 Å². The highest BCUT2D eigenvalue weighted by Gasteiger charge is 2.19. The summed E-state index contributed by atoms with van der Waals surface area (Å²) in [5, 5.41) is 14.4. The Morgan fingerprint density at radius 2 is 1.69 bits per heavy atom. The predicted octanol–water partition coefficient (Wildman–Crippen LogP) is 5.62. The highest BCUT2D eigenvalue weighted by molar-refractivity contribution is 7.99. The van der Waals surface area contributed by atoms with Gasteiger partial charge in [-0.05, 0) is 55.8 Å². The molecule has 7 heteroatoms. The lowest BCUT2D eigenvalue weighted by molar-refractivity contribution is -0.387. The van der Waals surface area contributed by atoms with E-state index in [2.05, 4.69) is 5.32 Å². The molecule has 0 saturated carbocycles. The summed E-state index contributed by atoms with van der Waals surface area (Å²) >= 11 is 1.29. The van der Waals surface area contributed by atoms with Crippen molar-refractivity contribution < 1.29 is 14.5 Å². The molecule has 3 rings (SSSR count). The van der Waals surface area contributed by atoms with Crippen molar-refractivity contribution in [3.8, 4) is 5.75 Å². The molecule has 0 bridgehead atoms. The maximum atomic E-state index is 12.7. The first-order chi connectivity index (χ1) is 13.9. The van der Waals surface area contributed by atoms with Crippen LogP contribution < -0.4 is 10.1 Å². The number of methoxy groups -OCH3 is 1. The molecule has 0 heterocycles. The van der Waals surface area contributed by atoms with Crippen LogP contribution in [0.15, 0.2) is 70.5 Å². The molecular formula is C22H20N2O4S. The monoisotopic (exact) mass is 408 g/mol. The molecule has 148 valence electrons. The number of hydrogen-bond acceptors (Lipinski definition) is 5. The summed E-state index contributed by atoms with van der Waals surface area (Å²) in [5.74, 6) is 0.0777. The quantitative estimate of drug-likeness (QED) is 0.423. The van der Waals surface area contributed by atoms with E-state index in [4.69, 9.17) is 4.74 Å². The molecule has 0 aliphatic rings. The Bertz CT molecular complexity index is 1060. The molecular weight excluding hydrogens is 388 g/mol. The highest BCUT2D eigenvalue weighted by Crippen LogP contribution is 2.36. The highest BCUT2D eigenvalue weighted by atomic mass is 32.2. The Hall–Kier alpha value is -3.32. The normalized spacial score (nSPS) is 10.4. The number of anilines is 1. The third-order valence-corrected chi connectivity index (χ3v) is 5.34. The van der Waals surface area contributed by atoms with Gasteiger partial charge in [0.25, 0.3) is 11.6 Å². The van der Waals surface area contributed by atoms with Crippen molar-refractivity contribution in [3.05, 3.63) is 87.5 Å². The van der Waals surface area contributed by atoms with Crippen LogP contribution in [0.4, 0.5) is 11.4 Å². The number of rotatable bonds is 6. The van der Waals surface area contributed by atoms with Gasteiger partial charge < -0.3 is 10.1 Å². The van der Waals surface area contributed by atoms with Crippen LogP contribution >= 0.6 is 11.8 Å². The smallest absolute Gasteiger partial charge is 0.284 e. The minimum atomic E-state index is -0.472. The van der Waals surface area contributed by atoms with E-state index in [9.17, 15) is 14.9 Å². The fourth-order valence-electron chi connectivity index (χ4n) is 2.73. The van der Waals surface area contributed by atoms with Crippen LogP contribution in [0.2, 0.25) is 0 Å². The van der Waals surface area contributed by atoms with E-state index in [1.807, 2.05) is 44.2 Å². The third-order valence-electron chi connectivity index (χ3n) is 4.27. The van der Waals surface area contributed by atoms with E-state index in [0.717, 1.165) is 16.0 Å². The van der Waals surface area contributed by atoms with Crippen molar-refractivity contribution in [2.45, 2.75) is 23.6 Å². The molecule has 0 aromatic heterocycles. The molecule has 0 spiro atoms. The van der Waals surface area contributed by atoms with Crippen molar-refractivity contribution in [2.75, 3.05) is 12.4 Å². The largest absolute Gasteiger partial charge is 0.495 e. The average molecular weight is 408 g/mol. The molecule has 29 heavy (non-hydrogen) atoms. The van der Waals surface area contributed by atoms with Crippen LogP contribution in [0.25, 0.3) is 0 Å². The molecule has 1 N–H and O–H groups in total. The molecule has 0 aliphatic carbocycles. The van der Waals surface area contributed by atoms with Gasteiger partial charge in [-0.1, -0.05) is 35.5 Å². The van der Waals surface area contributed by atoms with Gasteiger partial charge >= 0.3 is 0 Å². The Balaban J connectivity index is 1.88. The zero-order valence-corrected chi connectivity index (χ0v) is 17.1. The summed E-state index contributed by atoms with van der Waals surface area (Å²) in [6.45, 7) is 3.88. The molecule has 3 aromatic carbocycles. The fraction of sp³-hybridized carbons (Fsp3) is 0.136. The van der Waals surface area contributed by atoms with Crippen molar-refractivity contribution >= 4 is 29.0 Å². The van der Waals surface area contributed by atoms with E-state index >= 15 is 0 Å². The minimum absolute atomic E-state index is 0.112. The van der Waals surface area contributed by atoms with Crippen LogP contribution in [0.5, 0.6) is 5.75 Å². The SMILES string of the molecule is COc1ccc(C)cc1NC(=O)c1ccc(Sc2ccc(C)cc2)c([N+](=O)[O-])c1. The Morgan fingerprint density at radius 1 is 1.00 bits per heavy atom. The number of aryl methyl sites for hydroxylation is 2. The fourth-order valence-corrected chi connectivity index (χ4v) is 3.64. The van der Waals surface area contributed by atoms with E-state index in [-0.39, 0.29) is 11.3 Å². The first-order valence-corrected chi connectivity index (χ1v) is 9.68. The van der Waals surface area contributed by atoms with E-state index in [1.165, 1.54) is 24.9 Å². The average Bonchev–Trinajstić information content (AvgIpc) is 2.70. The van der Waals surface area contributed by atoms with Gasteiger partial charge in [0.2, 0.25) is 0 Å². The zero-order chi connectivity index (χ0) is 21.0. The molecule has 0 atom stereocenters. The molecule has 3 aromatic rings. The number of nitrogens with zero attached hydrogens (tertiary/aromatic N) is 1. The molecule has 6 nitrogen and oxygen atoms in total. The molecule has 0 aliphatic heterocycles. The molecule has 0 saturated heterocycles. The van der Waals surface area contributed by atoms with Gasteiger partial charge in [0, 0.05) is 16.5 Å². The maximum absolute atomic E-state index is 12.7. The first-order valence-electron chi connectivity index (χ1n) is 8.86. The van der Waals surface area contributed by atoms with Gasteiger partial charge in [-0.3, -0.25) is 14.9 Å². The van der Waals surface area contributed by atoms with Crippen LogP contribution in [-0.2, 0) is 0 Å². The number of benzene rings is 3. The van der Waals surface area contributed by atoms with Gasteiger partial charge in [-0.25, -0.2) is 0 Å². The van der Waals surface area contributed by atoms with Gasteiger partial charge in [0.15, 0.2) is 0 Å². The van der Waals surface area contributed by atoms with Crippen LogP contribution in [0, 0.1) is 24.0 Å². The number of nitro benzene ring substituents is 1. The molecule has 0 radical (unpaired) electrons. The number of hydrogen-bond donors (Lipinski definition) is 1. The number of carbonyl (C=O) groups excluding carboxylic acids is 1. The first kappa shape index (κ1) is 20.4. The van der Waals surface area contributed by atoms with Gasteiger partial charge in [-0.2, -0.15) is 0 Å². The Morgan fingerprint density at radius 3 is 2.34 bits per heavy atom. The van der Waals surface area contributed by atoms with Crippen molar-refractivity contribution in [1.82, 2.24) is 0 Å². The second-order valence-corrected chi connectivity index (χ2v) is 7.63. The van der Waals surface area contributed by atoms with Crippen LogP contribution in [0.3, 0.4) is 0 Å². The molecule has 1 amide bonds. The molecule has 0 unspecified atom stereocenters. The summed E-state index contributed by atoms with van der Waals surface area (Å²) in [6, 6.07) is 17.6. The molecule has 0 fully saturated rings. The van der Waals surface area contributed by atoms with Crippen molar-refractivity contribution in [1.29, 1.82) is 0 Å². The van der Waals surface area contributed by atoms with Gasteiger partial charge in [0.1, 0.15) is 5.75 Å². The van der Waals surface area contributed by atoms with Crippen molar-refractivity contribution in [2.24, 2.45) is 0 Å². The van der Waals surface area contributed by atoms with E-state index < -0.39 is 10.8 Å². The van der Waals surface area contributed by atoms with Gasteiger partial charge in [-0.15, -0.1) is 0 Å². The van der Waals surface area contributed by atoms with Gasteiger partial charge in [0.05, 0.1) is 22.6 Å².